The molecule has 0 aliphatic rings. The average molecular weight is 337 g/mol. The Morgan fingerprint density at radius 2 is 1.72 bits per heavy atom. The number of halogens is 1. The van der Waals surface area contributed by atoms with Crippen LogP contribution < -0.4 is 10.1 Å². The minimum atomic E-state index is -0.307. The predicted molar refractivity (Wildman–Crippen MR) is 98.5 cm³/mol. The Balaban J connectivity index is 2.25. The van der Waals surface area contributed by atoms with E-state index >= 15 is 0 Å². The normalized spacial score (nSPS) is 10.9. The molecule has 128 valence electrons. The molecule has 3 rings (SSSR count). The van der Waals surface area contributed by atoms with E-state index in [-0.39, 0.29) is 17.8 Å². The lowest BCUT2D eigenvalue weighted by molar-refractivity contribution is 0.0965. The number of nitrogens with one attached hydrogen (secondary N) is 1. The van der Waals surface area contributed by atoms with Crippen molar-refractivity contribution in [2.45, 2.75) is 20.0 Å². The van der Waals surface area contributed by atoms with E-state index in [1.165, 1.54) is 12.1 Å². The van der Waals surface area contributed by atoms with Crippen LogP contribution in [0.2, 0.25) is 0 Å². The van der Waals surface area contributed by atoms with Crippen molar-refractivity contribution in [3.05, 3.63) is 66.0 Å². The Kier molecular flexibility index (Phi) is 4.70. The van der Waals surface area contributed by atoms with E-state index < -0.39 is 0 Å². The van der Waals surface area contributed by atoms with E-state index in [1.54, 1.807) is 19.2 Å². The molecule has 0 aliphatic carbocycles. The molecule has 0 aliphatic heterocycles. The van der Waals surface area contributed by atoms with E-state index in [2.05, 4.69) is 5.32 Å². The van der Waals surface area contributed by atoms with Gasteiger partial charge in [-0.1, -0.05) is 30.3 Å². The Morgan fingerprint density at radius 3 is 2.36 bits per heavy atom. The molecule has 0 bridgehead atoms. The number of carbonyl (C=O) groups excluding carboxylic acids is 1. The number of carbonyl (C=O) groups is 1. The van der Waals surface area contributed by atoms with Crippen LogP contribution in [0.3, 0.4) is 0 Å². The van der Waals surface area contributed by atoms with Gasteiger partial charge in [-0.3, -0.25) is 4.79 Å². The maximum absolute atomic E-state index is 13.3. The first kappa shape index (κ1) is 17.0. The highest BCUT2D eigenvalue weighted by atomic mass is 19.1. The molecule has 0 heterocycles. The molecule has 4 heteroatoms. The molecule has 3 aromatic rings. The van der Waals surface area contributed by atoms with Crippen LogP contribution in [-0.2, 0) is 0 Å². The second kappa shape index (κ2) is 6.93. The van der Waals surface area contributed by atoms with Gasteiger partial charge in [0.25, 0.3) is 5.91 Å². The summed E-state index contributed by atoms with van der Waals surface area (Å²) in [4.78, 5) is 12.6. The minimum Gasteiger partial charge on any atom is -0.491 e. The van der Waals surface area contributed by atoms with E-state index in [1.807, 2.05) is 44.2 Å². The molecule has 0 saturated carbocycles. The zero-order valence-corrected chi connectivity index (χ0v) is 14.5. The fourth-order valence-electron chi connectivity index (χ4n) is 2.88. The smallest absolute Gasteiger partial charge is 0.252 e. The van der Waals surface area contributed by atoms with Gasteiger partial charge in [-0.15, -0.1) is 0 Å². The number of benzene rings is 3. The Morgan fingerprint density at radius 1 is 1.04 bits per heavy atom. The topological polar surface area (TPSA) is 38.3 Å². The predicted octanol–water partition coefficient (Wildman–Crippen LogP) is 4.79. The number of hydrogen-bond acceptors (Lipinski definition) is 2. The monoisotopic (exact) mass is 337 g/mol. The van der Waals surface area contributed by atoms with Gasteiger partial charge < -0.3 is 10.1 Å². The molecule has 0 fully saturated rings. The van der Waals surface area contributed by atoms with Crippen LogP contribution in [0.4, 0.5) is 4.39 Å². The van der Waals surface area contributed by atoms with E-state index in [0.717, 1.165) is 21.9 Å². The Hall–Kier alpha value is -2.88. The minimum absolute atomic E-state index is 0.0428. The third-order valence-electron chi connectivity index (χ3n) is 3.97. The second-order valence-electron chi connectivity index (χ2n) is 6.12. The quantitative estimate of drug-likeness (QED) is 0.743. The molecule has 1 N–H and O–H groups in total. The average Bonchev–Trinajstić information content (AvgIpc) is 2.60. The lowest BCUT2D eigenvalue weighted by Gasteiger charge is -2.15. The summed E-state index contributed by atoms with van der Waals surface area (Å²) in [5, 5.41) is 4.45. The first-order chi connectivity index (χ1) is 12.0. The van der Waals surface area contributed by atoms with Crippen molar-refractivity contribution in [3.63, 3.8) is 0 Å². The highest BCUT2D eigenvalue weighted by Gasteiger charge is 2.16. The summed E-state index contributed by atoms with van der Waals surface area (Å²) in [6, 6.07) is 15.7. The molecule has 25 heavy (non-hydrogen) atoms. The summed E-state index contributed by atoms with van der Waals surface area (Å²) in [5.74, 6) is 0.217. The molecule has 0 atom stereocenters. The first-order valence-corrected chi connectivity index (χ1v) is 8.21. The van der Waals surface area contributed by atoms with Crippen LogP contribution in [0.15, 0.2) is 54.6 Å². The maximum Gasteiger partial charge on any atom is 0.252 e. The number of ether oxygens (including phenoxy) is 1. The molecular weight excluding hydrogens is 317 g/mol. The van der Waals surface area contributed by atoms with Crippen molar-refractivity contribution in [2.24, 2.45) is 0 Å². The highest BCUT2D eigenvalue weighted by Crippen LogP contribution is 2.33. The van der Waals surface area contributed by atoms with Crippen LogP contribution in [-0.4, -0.2) is 19.1 Å². The molecule has 0 saturated heterocycles. The van der Waals surface area contributed by atoms with E-state index in [0.29, 0.717) is 11.3 Å². The summed E-state index contributed by atoms with van der Waals surface area (Å²) < 4.78 is 19.0. The molecule has 1 amide bonds. The summed E-state index contributed by atoms with van der Waals surface area (Å²) in [6.07, 6.45) is 0.0428. The first-order valence-electron chi connectivity index (χ1n) is 8.21. The molecule has 3 aromatic carbocycles. The summed E-state index contributed by atoms with van der Waals surface area (Å²) in [5.41, 5.74) is 2.10. The van der Waals surface area contributed by atoms with Crippen LogP contribution >= 0.6 is 0 Å². The van der Waals surface area contributed by atoms with Gasteiger partial charge in [0.1, 0.15) is 11.6 Å². The van der Waals surface area contributed by atoms with Gasteiger partial charge in [0.15, 0.2) is 0 Å². The van der Waals surface area contributed by atoms with Crippen molar-refractivity contribution in [1.29, 1.82) is 0 Å². The maximum atomic E-state index is 13.3. The van der Waals surface area contributed by atoms with Crippen molar-refractivity contribution < 1.29 is 13.9 Å². The van der Waals surface area contributed by atoms with Crippen LogP contribution in [0.1, 0.15) is 24.2 Å². The lowest BCUT2D eigenvalue weighted by Crippen LogP contribution is -2.19. The zero-order valence-electron chi connectivity index (χ0n) is 14.5. The lowest BCUT2D eigenvalue weighted by atomic mass is 9.93. The number of amides is 1. The van der Waals surface area contributed by atoms with Gasteiger partial charge in [0.2, 0.25) is 0 Å². The van der Waals surface area contributed by atoms with Gasteiger partial charge in [0.05, 0.1) is 11.7 Å². The Labute approximate surface area is 146 Å². The number of rotatable bonds is 4. The molecular formula is C21H20FNO2. The van der Waals surface area contributed by atoms with Crippen molar-refractivity contribution in [2.75, 3.05) is 7.05 Å². The summed E-state index contributed by atoms with van der Waals surface area (Å²) >= 11 is 0. The third-order valence-corrected chi connectivity index (χ3v) is 3.97. The van der Waals surface area contributed by atoms with Crippen LogP contribution in [0.5, 0.6) is 5.75 Å². The van der Waals surface area contributed by atoms with Crippen LogP contribution in [0.25, 0.3) is 21.9 Å². The molecule has 0 spiro atoms. The zero-order chi connectivity index (χ0) is 18.0. The number of hydrogen-bond donors (Lipinski definition) is 1. The molecule has 0 unspecified atom stereocenters. The van der Waals surface area contributed by atoms with Gasteiger partial charge in [0, 0.05) is 7.05 Å². The fourth-order valence-corrected chi connectivity index (χ4v) is 2.88. The second-order valence-corrected chi connectivity index (χ2v) is 6.12. The SMILES string of the molecule is CNC(=O)c1c(-c2ccc(F)cc2)ccc2ccc(OC(C)C)cc12. The molecule has 0 radical (unpaired) electrons. The molecule has 3 nitrogen and oxygen atoms in total. The largest absolute Gasteiger partial charge is 0.491 e. The Bertz CT molecular complexity index is 917. The van der Waals surface area contributed by atoms with Gasteiger partial charge in [-0.05, 0) is 60.0 Å². The molecule has 0 aromatic heterocycles. The van der Waals surface area contributed by atoms with Crippen LogP contribution in [0, 0.1) is 5.82 Å². The van der Waals surface area contributed by atoms with Crippen molar-refractivity contribution in [3.8, 4) is 16.9 Å². The van der Waals surface area contributed by atoms with Crippen molar-refractivity contribution >= 4 is 16.7 Å². The van der Waals surface area contributed by atoms with E-state index in [9.17, 15) is 9.18 Å². The highest BCUT2D eigenvalue weighted by molar-refractivity contribution is 6.12. The van der Waals surface area contributed by atoms with Gasteiger partial charge in [-0.2, -0.15) is 0 Å². The summed E-state index contributed by atoms with van der Waals surface area (Å²) in [6.45, 7) is 3.91. The van der Waals surface area contributed by atoms with E-state index in [4.69, 9.17) is 4.74 Å². The van der Waals surface area contributed by atoms with Crippen molar-refractivity contribution in [1.82, 2.24) is 5.32 Å². The van der Waals surface area contributed by atoms with Gasteiger partial charge >= 0.3 is 0 Å². The van der Waals surface area contributed by atoms with Gasteiger partial charge in [-0.25, -0.2) is 4.39 Å². The summed E-state index contributed by atoms with van der Waals surface area (Å²) in [7, 11) is 1.60. The third kappa shape index (κ3) is 3.48. The fraction of sp³-hybridized carbons (Fsp3) is 0.190. The standard InChI is InChI=1S/C21H20FNO2/c1-13(2)25-17-10-6-15-7-11-18(14-4-8-16(22)9-5-14)20(19(15)12-17)21(24)23-3/h4-13H,1-3H3,(H,23,24). The number of fused-ring (bicyclic) bond motifs is 1.